The molecule has 5 nitrogen and oxygen atoms in total. The van der Waals surface area contributed by atoms with E-state index in [0.717, 1.165) is 10.4 Å². The molecule has 0 radical (unpaired) electrons. The van der Waals surface area contributed by atoms with Gasteiger partial charge in [-0.1, -0.05) is 29.3 Å². The number of nitrogens with one attached hydrogen (secondary N) is 1. The Morgan fingerprint density at radius 3 is 2.74 bits per heavy atom. The van der Waals surface area contributed by atoms with Crippen LogP contribution in [0.2, 0.25) is 10.0 Å². The summed E-state index contributed by atoms with van der Waals surface area (Å²) in [6.07, 6.45) is 1.54. The predicted molar refractivity (Wildman–Crippen MR) is 111 cm³/mol. The van der Waals surface area contributed by atoms with Crippen LogP contribution in [0.5, 0.6) is 0 Å². The number of thiophene rings is 1. The number of halogens is 2. The highest BCUT2D eigenvalue weighted by molar-refractivity contribution is 7.18. The fourth-order valence-electron chi connectivity index (χ4n) is 2.59. The normalized spacial score (nSPS) is 11.8. The van der Waals surface area contributed by atoms with Gasteiger partial charge in [-0.2, -0.15) is 0 Å². The maximum Gasteiger partial charge on any atom is 0.341 e. The number of aromatic amines is 1. The van der Waals surface area contributed by atoms with Gasteiger partial charge in [-0.05, 0) is 50.1 Å². The second kappa shape index (κ2) is 7.84. The number of hydrogen-bond donors (Lipinski definition) is 1. The van der Waals surface area contributed by atoms with Gasteiger partial charge in [-0.15, -0.1) is 11.3 Å². The molecule has 1 N–H and O–H groups in total. The lowest BCUT2D eigenvalue weighted by Crippen LogP contribution is -2.15. The minimum Gasteiger partial charge on any atom is -0.462 e. The van der Waals surface area contributed by atoms with Gasteiger partial charge >= 0.3 is 5.97 Å². The number of fused-ring (bicyclic) bond motifs is 1. The summed E-state index contributed by atoms with van der Waals surface area (Å²) < 4.78 is 5.14. The Morgan fingerprint density at radius 2 is 2.07 bits per heavy atom. The largest absolute Gasteiger partial charge is 0.462 e. The van der Waals surface area contributed by atoms with Crippen LogP contribution in [0.1, 0.15) is 28.8 Å². The third-order valence-corrected chi connectivity index (χ3v) is 5.72. The second-order valence-corrected chi connectivity index (χ2v) is 7.87. The molecule has 0 aliphatic carbocycles. The van der Waals surface area contributed by atoms with Gasteiger partial charge in [0, 0.05) is 14.9 Å². The van der Waals surface area contributed by atoms with Gasteiger partial charge < -0.3 is 9.72 Å². The Morgan fingerprint density at radius 1 is 1.33 bits per heavy atom. The fourth-order valence-corrected chi connectivity index (χ4v) is 4.08. The molecule has 27 heavy (non-hydrogen) atoms. The van der Waals surface area contributed by atoms with E-state index in [1.807, 2.05) is 13.8 Å². The molecule has 0 bridgehead atoms. The molecule has 0 spiro atoms. The summed E-state index contributed by atoms with van der Waals surface area (Å²) >= 11 is 13.6. The van der Waals surface area contributed by atoms with Gasteiger partial charge in [-0.3, -0.25) is 4.79 Å². The zero-order valence-electron chi connectivity index (χ0n) is 14.9. The van der Waals surface area contributed by atoms with Gasteiger partial charge in [0.05, 0.1) is 12.0 Å². The van der Waals surface area contributed by atoms with E-state index in [9.17, 15) is 9.59 Å². The summed E-state index contributed by atoms with van der Waals surface area (Å²) in [7, 11) is 0. The Hall–Kier alpha value is -2.15. The van der Waals surface area contributed by atoms with Gasteiger partial charge in [-0.25, -0.2) is 9.78 Å². The average Bonchev–Trinajstić information content (AvgIpc) is 2.89. The van der Waals surface area contributed by atoms with Crippen molar-refractivity contribution in [1.82, 2.24) is 9.97 Å². The first-order valence-corrected chi connectivity index (χ1v) is 9.73. The molecule has 0 saturated heterocycles. The summed E-state index contributed by atoms with van der Waals surface area (Å²) in [4.78, 5) is 33.9. The van der Waals surface area contributed by atoms with Crippen molar-refractivity contribution in [1.29, 1.82) is 0 Å². The smallest absolute Gasteiger partial charge is 0.341 e. The van der Waals surface area contributed by atoms with Crippen molar-refractivity contribution in [3.05, 3.63) is 60.4 Å². The first kappa shape index (κ1) is 19.6. The van der Waals surface area contributed by atoms with Gasteiger partial charge in [0.1, 0.15) is 16.2 Å². The van der Waals surface area contributed by atoms with Crippen LogP contribution in [-0.2, 0) is 9.53 Å². The molecule has 8 heteroatoms. The van der Waals surface area contributed by atoms with Crippen LogP contribution in [0.3, 0.4) is 0 Å². The van der Waals surface area contributed by atoms with E-state index in [4.69, 9.17) is 27.9 Å². The lowest BCUT2D eigenvalue weighted by atomic mass is 10.1. The topological polar surface area (TPSA) is 72.0 Å². The second-order valence-electron chi connectivity index (χ2n) is 5.82. The molecule has 0 fully saturated rings. The Kier molecular flexibility index (Phi) is 5.69. The van der Waals surface area contributed by atoms with Crippen LogP contribution in [0.15, 0.2) is 23.0 Å². The lowest BCUT2D eigenvalue weighted by molar-refractivity contribution is -0.136. The summed E-state index contributed by atoms with van der Waals surface area (Å²) in [5, 5.41) is 1.39. The van der Waals surface area contributed by atoms with E-state index in [1.165, 1.54) is 17.4 Å². The average molecular weight is 423 g/mol. The number of esters is 1. The molecule has 2 heterocycles. The van der Waals surface area contributed by atoms with Crippen molar-refractivity contribution in [2.75, 3.05) is 6.61 Å². The van der Waals surface area contributed by atoms with Gasteiger partial charge in [0.25, 0.3) is 5.56 Å². The molecular formula is C19H16Cl2N2O3S. The monoisotopic (exact) mass is 422 g/mol. The van der Waals surface area contributed by atoms with E-state index in [2.05, 4.69) is 9.97 Å². The summed E-state index contributed by atoms with van der Waals surface area (Å²) in [5.74, 6) is -0.464. The van der Waals surface area contributed by atoms with Crippen LogP contribution in [0.25, 0.3) is 21.9 Å². The summed E-state index contributed by atoms with van der Waals surface area (Å²) in [6.45, 7) is 5.70. The number of rotatable bonds is 4. The first-order chi connectivity index (χ1) is 12.8. The Bertz CT molecular complexity index is 1130. The number of hydrogen-bond acceptors (Lipinski definition) is 5. The van der Waals surface area contributed by atoms with E-state index in [-0.39, 0.29) is 23.6 Å². The fraction of sp³-hybridized carbons (Fsp3) is 0.211. The minimum absolute atomic E-state index is 0.115. The molecule has 3 rings (SSSR count). The van der Waals surface area contributed by atoms with Crippen molar-refractivity contribution >= 4 is 62.4 Å². The molecule has 2 aromatic heterocycles. The molecular weight excluding hydrogens is 407 g/mol. The lowest BCUT2D eigenvalue weighted by Gasteiger charge is -2.08. The molecule has 0 amide bonds. The maximum atomic E-state index is 12.6. The van der Waals surface area contributed by atoms with E-state index < -0.39 is 5.97 Å². The highest BCUT2D eigenvalue weighted by Crippen LogP contribution is 2.29. The zero-order chi connectivity index (χ0) is 19.7. The standard InChI is InChI=1S/C19H16Cl2N2O3S/c1-4-26-19(25)13(7-11-5-6-12(20)8-14(11)21)16-22-17(24)15-9(2)10(3)27-18(15)23-16/h5-8H,4H2,1-3H3,(H,22,23,24)/b13-7+. The van der Waals surface area contributed by atoms with Crippen LogP contribution < -0.4 is 5.56 Å². The highest BCUT2D eigenvalue weighted by Gasteiger charge is 2.20. The van der Waals surface area contributed by atoms with Crippen molar-refractivity contribution in [2.24, 2.45) is 0 Å². The SMILES string of the molecule is CCOC(=O)/C(=C/c1ccc(Cl)cc1Cl)c1nc2sc(C)c(C)c2c(=O)[nH]1. The van der Waals surface area contributed by atoms with Crippen LogP contribution >= 0.6 is 34.5 Å². The number of ether oxygens (including phenoxy) is 1. The highest BCUT2D eigenvalue weighted by atomic mass is 35.5. The predicted octanol–water partition coefficient (Wildman–Crippen LogP) is 5.01. The van der Waals surface area contributed by atoms with Crippen LogP contribution in [-0.4, -0.2) is 22.5 Å². The molecule has 0 unspecified atom stereocenters. The third-order valence-electron chi connectivity index (χ3n) is 4.05. The van der Waals surface area contributed by atoms with Crippen molar-refractivity contribution in [3.63, 3.8) is 0 Å². The molecule has 140 valence electrons. The Balaban J connectivity index is 2.22. The van der Waals surface area contributed by atoms with Crippen molar-refractivity contribution < 1.29 is 9.53 Å². The van der Waals surface area contributed by atoms with E-state index in [0.29, 0.717) is 25.8 Å². The number of nitrogens with zero attached hydrogens (tertiary/aromatic N) is 1. The molecule has 0 aliphatic heterocycles. The van der Waals surface area contributed by atoms with E-state index >= 15 is 0 Å². The number of carbonyl (C=O) groups excluding carboxylic acids is 1. The van der Waals surface area contributed by atoms with Gasteiger partial charge in [0.15, 0.2) is 0 Å². The van der Waals surface area contributed by atoms with E-state index in [1.54, 1.807) is 25.1 Å². The minimum atomic E-state index is -0.601. The molecule has 1 aromatic carbocycles. The Labute approximate surface area is 169 Å². The van der Waals surface area contributed by atoms with Gasteiger partial charge in [0.2, 0.25) is 0 Å². The first-order valence-electron chi connectivity index (χ1n) is 8.16. The van der Waals surface area contributed by atoms with Crippen molar-refractivity contribution in [3.8, 4) is 0 Å². The van der Waals surface area contributed by atoms with Crippen LogP contribution in [0, 0.1) is 13.8 Å². The maximum absolute atomic E-state index is 12.6. The molecule has 0 aliphatic rings. The number of aryl methyl sites for hydroxylation is 2. The number of carbonyl (C=O) groups is 1. The molecule has 3 aromatic rings. The quantitative estimate of drug-likeness (QED) is 0.473. The number of benzene rings is 1. The molecule has 0 saturated carbocycles. The number of H-pyrrole nitrogens is 1. The molecule has 0 atom stereocenters. The number of aromatic nitrogens is 2. The van der Waals surface area contributed by atoms with Crippen LogP contribution in [0.4, 0.5) is 0 Å². The summed E-state index contributed by atoms with van der Waals surface area (Å²) in [5.41, 5.74) is 1.26. The summed E-state index contributed by atoms with van der Waals surface area (Å²) in [6, 6.07) is 4.91. The zero-order valence-corrected chi connectivity index (χ0v) is 17.2. The third kappa shape index (κ3) is 3.93. The van der Waals surface area contributed by atoms with Crippen molar-refractivity contribution in [2.45, 2.75) is 20.8 Å².